The van der Waals surface area contributed by atoms with Crippen LogP contribution in [0.15, 0.2) is 12.7 Å². The summed E-state index contributed by atoms with van der Waals surface area (Å²) in [5, 5.41) is 0. The van der Waals surface area contributed by atoms with Gasteiger partial charge in [0.25, 0.3) is 5.78 Å². The van der Waals surface area contributed by atoms with Gasteiger partial charge in [0.2, 0.25) is 0 Å². The maximum atomic E-state index is 12.9. The zero-order valence-corrected chi connectivity index (χ0v) is 14.5. The van der Waals surface area contributed by atoms with Gasteiger partial charge in [0, 0.05) is 0 Å². The molecule has 24 heavy (non-hydrogen) atoms. The Hall–Kier alpha value is -1.65. The van der Waals surface area contributed by atoms with Gasteiger partial charge in [-0.15, -0.1) is 6.58 Å². The van der Waals surface area contributed by atoms with Crippen LogP contribution in [0, 0.1) is 23.2 Å². The molecule has 4 bridgehead atoms. The molecule has 1 atom stereocenters. The van der Waals surface area contributed by atoms with Crippen LogP contribution in [0.3, 0.4) is 0 Å². The van der Waals surface area contributed by atoms with Gasteiger partial charge in [-0.25, -0.2) is 4.79 Å². The van der Waals surface area contributed by atoms with Crippen molar-refractivity contribution >= 4 is 17.7 Å². The highest BCUT2D eigenvalue weighted by Gasteiger charge is 2.55. The predicted octanol–water partition coefficient (Wildman–Crippen LogP) is 2.82. The molecule has 132 valence electrons. The highest BCUT2D eigenvalue weighted by Crippen LogP contribution is 2.57. The smallest absolute Gasteiger partial charge is 0.375 e. The number of esters is 2. The molecule has 0 amide bonds. The average Bonchev–Trinajstić information content (AvgIpc) is 2.51. The third-order valence-corrected chi connectivity index (χ3v) is 6.17. The van der Waals surface area contributed by atoms with Crippen LogP contribution < -0.4 is 0 Å². The van der Waals surface area contributed by atoms with E-state index in [2.05, 4.69) is 11.3 Å². The Morgan fingerprint density at radius 3 is 2.04 bits per heavy atom. The highest BCUT2D eigenvalue weighted by molar-refractivity contribution is 6.39. The summed E-state index contributed by atoms with van der Waals surface area (Å²) in [6, 6.07) is 0. The Morgan fingerprint density at radius 1 is 1.12 bits per heavy atom. The molecule has 0 aromatic carbocycles. The minimum absolute atomic E-state index is 0.0616. The van der Waals surface area contributed by atoms with Crippen LogP contribution in [-0.2, 0) is 23.9 Å². The summed E-state index contributed by atoms with van der Waals surface area (Å²) >= 11 is 0. The van der Waals surface area contributed by atoms with Crippen molar-refractivity contribution in [1.29, 1.82) is 0 Å². The SMILES string of the molecule is C=CC[C@](C)(C(=O)OC12CC3CC(CC(C3)C1)C2)C(=O)C(=O)OC. The van der Waals surface area contributed by atoms with Crippen LogP contribution >= 0.6 is 0 Å². The summed E-state index contributed by atoms with van der Waals surface area (Å²) in [6.07, 6.45) is 7.92. The van der Waals surface area contributed by atoms with Crippen molar-refractivity contribution in [1.82, 2.24) is 0 Å². The van der Waals surface area contributed by atoms with Crippen molar-refractivity contribution in [3.8, 4) is 0 Å². The molecule has 4 aliphatic rings. The highest BCUT2D eigenvalue weighted by atomic mass is 16.6. The number of hydrogen-bond acceptors (Lipinski definition) is 5. The van der Waals surface area contributed by atoms with Crippen molar-refractivity contribution in [3.05, 3.63) is 12.7 Å². The molecule has 0 aromatic heterocycles. The Kier molecular flexibility index (Phi) is 4.30. The van der Waals surface area contributed by atoms with Crippen molar-refractivity contribution in [2.24, 2.45) is 23.2 Å². The fourth-order valence-electron chi connectivity index (χ4n) is 5.34. The molecule has 5 nitrogen and oxygen atoms in total. The number of allylic oxidation sites excluding steroid dienone is 1. The third kappa shape index (κ3) is 2.78. The normalized spacial score (nSPS) is 35.8. The minimum Gasteiger partial charge on any atom is -0.463 e. The first-order valence-corrected chi connectivity index (χ1v) is 8.79. The van der Waals surface area contributed by atoms with Gasteiger partial charge < -0.3 is 9.47 Å². The number of Topliss-reactive ketones (excluding diaryl/α,β-unsaturated/α-hetero) is 1. The summed E-state index contributed by atoms with van der Waals surface area (Å²) in [4.78, 5) is 37.0. The molecular weight excluding hydrogens is 308 g/mol. The molecule has 5 heteroatoms. The zero-order valence-electron chi connectivity index (χ0n) is 14.5. The van der Waals surface area contributed by atoms with E-state index in [1.165, 1.54) is 32.3 Å². The van der Waals surface area contributed by atoms with E-state index in [1.54, 1.807) is 0 Å². The molecule has 4 aliphatic carbocycles. The number of methoxy groups -OCH3 is 1. The summed E-state index contributed by atoms with van der Waals surface area (Å²) in [7, 11) is 1.14. The lowest BCUT2D eigenvalue weighted by molar-refractivity contribution is -0.197. The molecule has 0 N–H and O–H groups in total. The lowest BCUT2D eigenvalue weighted by Crippen LogP contribution is -2.55. The average molecular weight is 334 g/mol. The molecule has 4 fully saturated rings. The van der Waals surface area contributed by atoms with Crippen molar-refractivity contribution in [2.75, 3.05) is 7.11 Å². The van der Waals surface area contributed by atoms with E-state index < -0.39 is 28.7 Å². The topological polar surface area (TPSA) is 69.7 Å². The predicted molar refractivity (Wildman–Crippen MR) is 86.9 cm³/mol. The van der Waals surface area contributed by atoms with E-state index in [9.17, 15) is 14.4 Å². The molecule has 0 heterocycles. The van der Waals surface area contributed by atoms with Crippen molar-refractivity contribution in [3.63, 3.8) is 0 Å². The maximum Gasteiger partial charge on any atom is 0.375 e. The third-order valence-electron chi connectivity index (χ3n) is 6.17. The molecule has 0 aliphatic heterocycles. The molecule has 4 rings (SSSR count). The standard InChI is InChI=1S/C19H26O5/c1-4-5-18(2,15(20)16(21)23-3)17(22)24-19-9-12-6-13(10-19)8-14(7-12)11-19/h4,12-14H,1,5-11H2,2-3H3/t12?,13?,14?,18-,19?/m0/s1. The molecule has 0 unspecified atom stereocenters. The first-order chi connectivity index (χ1) is 11.3. The molecule has 0 aromatic rings. The number of carbonyl (C=O) groups excluding carboxylic acids is 3. The van der Waals surface area contributed by atoms with Gasteiger partial charge in [0.15, 0.2) is 0 Å². The summed E-state index contributed by atoms with van der Waals surface area (Å²) < 4.78 is 10.5. The first-order valence-electron chi connectivity index (χ1n) is 8.79. The van der Waals surface area contributed by atoms with Crippen LogP contribution in [0.25, 0.3) is 0 Å². The van der Waals surface area contributed by atoms with Gasteiger partial charge in [0.1, 0.15) is 11.0 Å². The Morgan fingerprint density at radius 2 is 1.62 bits per heavy atom. The van der Waals surface area contributed by atoms with Crippen LogP contribution in [0.5, 0.6) is 0 Å². The second-order valence-corrected chi connectivity index (χ2v) is 8.14. The number of ether oxygens (including phenoxy) is 2. The number of ketones is 1. The van der Waals surface area contributed by atoms with Gasteiger partial charge in [-0.05, 0) is 69.6 Å². The lowest BCUT2D eigenvalue weighted by atomic mass is 9.54. The summed E-state index contributed by atoms with van der Waals surface area (Å²) in [6.45, 7) is 5.07. The summed E-state index contributed by atoms with van der Waals surface area (Å²) in [5.74, 6) is -0.593. The minimum atomic E-state index is -1.56. The van der Waals surface area contributed by atoms with Crippen LogP contribution in [0.4, 0.5) is 0 Å². The second-order valence-electron chi connectivity index (χ2n) is 8.14. The van der Waals surface area contributed by atoms with Crippen molar-refractivity contribution < 1.29 is 23.9 Å². The fraction of sp³-hybridized carbons (Fsp3) is 0.737. The lowest BCUT2D eigenvalue weighted by Gasteiger charge is -2.56. The first kappa shape index (κ1) is 17.2. The Bertz CT molecular complexity index is 543. The summed E-state index contributed by atoms with van der Waals surface area (Å²) in [5.41, 5.74) is -2.00. The quantitative estimate of drug-likeness (QED) is 0.323. The van der Waals surface area contributed by atoms with Crippen LogP contribution in [0.2, 0.25) is 0 Å². The van der Waals surface area contributed by atoms with Gasteiger partial charge in [-0.2, -0.15) is 0 Å². The van der Waals surface area contributed by atoms with E-state index in [0.29, 0.717) is 17.8 Å². The van der Waals surface area contributed by atoms with E-state index in [-0.39, 0.29) is 6.42 Å². The van der Waals surface area contributed by atoms with E-state index in [1.807, 2.05) is 0 Å². The largest absolute Gasteiger partial charge is 0.463 e. The molecule has 0 saturated heterocycles. The van der Waals surface area contributed by atoms with Gasteiger partial charge in [0.05, 0.1) is 7.11 Å². The number of carbonyl (C=O) groups is 3. The fourth-order valence-corrected chi connectivity index (χ4v) is 5.34. The van der Waals surface area contributed by atoms with E-state index in [0.717, 1.165) is 26.4 Å². The monoisotopic (exact) mass is 334 g/mol. The number of hydrogen-bond donors (Lipinski definition) is 0. The molecule has 0 radical (unpaired) electrons. The van der Waals surface area contributed by atoms with Crippen molar-refractivity contribution in [2.45, 2.75) is 57.5 Å². The van der Waals surface area contributed by atoms with Crippen LogP contribution in [-0.4, -0.2) is 30.4 Å². The molecule has 0 spiro atoms. The molecule has 4 saturated carbocycles. The van der Waals surface area contributed by atoms with E-state index in [4.69, 9.17) is 4.74 Å². The Balaban J connectivity index is 1.80. The Labute approximate surface area is 142 Å². The van der Waals surface area contributed by atoms with Gasteiger partial charge in [-0.3, -0.25) is 9.59 Å². The zero-order chi connectivity index (χ0) is 17.5. The maximum absolute atomic E-state index is 12.9. The second kappa shape index (κ2) is 6.01. The van der Waals surface area contributed by atoms with Crippen LogP contribution in [0.1, 0.15) is 51.9 Å². The van der Waals surface area contributed by atoms with Gasteiger partial charge in [-0.1, -0.05) is 6.08 Å². The number of rotatable bonds is 6. The van der Waals surface area contributed by atoms with E-state index >= 15 is 0 Å². The molecular formula is C19H26O5. The van der Waals surface area contributed by atoms with Gasteiger partial charge >= 0.3 is 11.9 Å².